The lowest BCUT2D eigenvalue weighted by molar-refractivity contribution is -0.137. The molecule has 0 unspecified atom stereocenters. The van der Waals surface area contributed by atoms with Crippen molar-refractivity contribution in [1.29, 1.82) is 0 Å². The lowest BCUT2D eigenvalue weighted by Gasteiger charge is -2.10. The van der Waals surface area contributed by atoms with Gasteiger partial charge in [0, 0.05) is 28.7 Å². The Morgan fingerprint density at radius 2 is 1.90 bits per heavy atom. The summed E-state index contributed by atoms with van der Waals surface area (Å²) in [6.45, 7) is 0. The molecular formula is C15H12ClF3N2. The number of rotatable bonds is 2. The number of hydrogen-bond donors (Lipinski definition) is 1. The Morgan fingerprint density at radius 3 is 2.43 bits per heavy atom. The van der Waals surface area contributed by atoms with Gasteiger partial charge in [0.05, 0.1) is 11.3 Å². The molecule has 2 N–H and O–H groups in total. The highest BCUT2D eigenvalue weighted by atomic mass is 35.5. The van der Waals surface area contributed by atoms with Crippen molar-refractivity contribution in [3.8, 4) is 11.3 Å². The Kier molecular flexibility index (Phi) is 3.42. The molecule has 1 aliphatic rings. The summed E-state index contributed by atoms with van der Waals surface area (Å²) < 4.78 is 38.3. The van der Waals surface area contributed by atoms with Crippen LogP contribution in [0.15, 0.2) is 36.5 Å². The molecule has 2 nitrogen and oxygen atoms in total. The zero-order chi connectivity index (χ0) is 15.2. The topological polar surface area (TPSA) is 38.9 Å². The Morgan fingerprint density at radius 1 is 1.19 bits per heavy atom. The fourth-order valence-electron chi connectivity index (χ4n) is 2.28. The summed E-state index contributed by atoms with van der Waals surface area (Å²) in [6.07, 6.45) is -1.82. The Balaban J connectivity index is 1.96. The SMILES string of the molecule is N[C@H]1C[C@@H]1c1ccc(-c2cc(C(F)(F)F)ccc2Cl)nc1. The molecule has 1 saturated carbocycles. The first-order chi connectivity index (χ1) is 9.86. The van der Waals surface area contributed by atoms with Crippen LogP contribution >= 0.6 is 11.6 Å². The number of nitrogens with zero attached hydrogens (tertiary/aromatic N) is 1. The van der Waals surface area contributed by atoms with E-state index in [1.807, 2.05) is 6.07 Å². The van der Waals surface area contributed by atoms with E-state index in [2.05, 4.69) is 4.98 Å². The van der Waals surface area contributed by atoms with Crippen LogP contribution in [0.2, 0.25) is 5.02 Å². The van der Waals surface area contributed by atoms with Crippen molar-refractivity contribution < 1.29 is 13.2 Å². The quantitative estimate of drug-likeness (QED) is 0.901. The number of nitrogens with two attached hydrogens (primary N) is 1. The molecule has 0 aliphatic heterocycles. The van der Waals surface area contributed by atoms with E-state index < -0.39 is 11.7 Å². The summed E-state index contributed by atoms with van der Waals surface area (Å²) >= 11 is 5.99. The smallest absolute Gasteiger partial charge is 0.327 e. The van der Waals surface area contributed by atoms with E-state index in [0.717, 1.165) is 24.1 Å². The number of hydrogen-bond acceptors (Lipinski definition) is 2. The van der Waals surface area contributed by atoms with Crippen molar-refractivity contribution in [2.75, 3.05) is 0 Å². The minimum Gasteiger partial charge on any atom is -0.327 e. The van der Waals surface area contributed by atoms with Crippen molar-refractivity contribution >= 4 is 11.6 Å². The fourth-order valence-corrected chi connectivity index (χ4v) is 2.49. The van der Waals surface area contributed by atoms with Gasteiger partial charge in [-0.1, -0.05) is 17.7 Å². The fraction of sp³-hybridized carbons (Fsp3) is 0.267. The van der Waals surface area contributed by atoms with Crippen molar-refractivity contribution in [1.82, 2.24) is 4.98 Å². The van der Waals surface area contributed by atoms with Crippen LogP contribution in [0.1, 0.15) is 23.5 Å². The second-order valence-corrected chi connectivity index (χ2v) is 5.58. The van der Waals surface area contributed by atoms with Crippen LogP contribution in [0.25, 0.3) is 11.3 Å². The second-order valence-electron chi connectivity index (χ2n) is 5.18. The highest BCUT2D eigenvalue weighted by Crippen LogP contribution is 2.40. The highest BCUT2D eigenvalue weighted by Gasteiger charge is 2.35. The van der Waals surface area contributed by atoms with E-state index in [4.69, 9.17) is 17.3 Å². The Labute approximate surface area is 124 Å². The molecule has 2 atom stereocenters. The summed E-state index contributed by atoms with van der Waals surface area (Å²) in [5.74, 6) is 0.309. The third-order valence-electron chi connectivity index (χ3n) is 3.62. The van der Waals surface area contributed by atoms with Gasteiger partial charge in [0.2, 0.25) is 0 Å². The number of halogens is 4. The second kappa shape index (κ2) is 5.00. The highest BCUT2D eigenvalue weighted by molar-refractivity contribution is 6.33. The average Bonchev–Trinajstić information content (AvgIpc) is 3.15. The molecule has 0 radical (unpaired) electrons. The summed E-state index contributed by atoms with van der Waals surface area (Å²) in [5.41, 5.74) is 6.73. The molecule has 1 fully saturated rings. The Bertz CT molecular complexity index is 668. The molecule has 6 heteroatoms. The van der Waals surface area contributed by atoms with Crippen molar-refractivity contribution in [2.24, 2.45) is 5.73 Å². The van der Waals surface area contributed by atoms with Gasteiger partial charge in [-0.2, -0.15) is 13.2 Å². The molecule has 0 saturated heterocycles. The molecule has 0 amide bonds. The van der Waals surface area contributed by atoms with Crippen molar-refractivity contribution in [3.63, 3.8) is 0 Å². The predicted molar refractivity (Wildman–Crippen MR) is 75.0 cm³/mol. The summed E-state index contributed by atoms with van der Waals surface area (Å²) in [7, 11) is 0. The molecule has 1 aromatic heterocycles. The van der Waals surface area contributed by atoms with Gasteiger partial charge in [-0.05, 0) is 36.2 Å². The largest absolute Gasteiger partial charge is 0.416 e. The van der Waals surface area contributed by atoms with Crippen LogP contribution in [0.4, 0.5) is 13.2 Å². The van der Waals surface area contributed by atoms with Gasteiger partial charge in [0.15, 0.2) is 0 Å². The molecule has 1 aromatic carbocycles. The van der Waals surface area contributed by atoms with Crippen molar-refractivity contribution in [2.45, 2.75) is 24.6 Å². The van der Waals surface area contributed by atoms with E-state index >= 15 is 0 Å². The number of alkyl halides is 3. The molecule has 21 heavy (non-hydrogen) atoms. The van der Waals surface area contributed by atoms with E-state index in [-0.39, 0.29) is 16.6 Å². The van der Waals surface area contributed by atoms with Crippen LogP contribution in [0.5, 0.6) is 0 Å². The van der Waals surface area contributed by atoms with E-state index in [0.29, 0.717) is 11.6 Å². The minimum absolute atomic E-state index is 0.162. The monoisotopic (exact) mass is 312 g/mol. The maximum atomic E-state index is 12.8. The molecule has 110 valence electrons. The lowest BCUT2D eigenvalue weighted by atomic mass is 10.1. The molecule has 1 heterocycles. The van der Waals surface area contributed by atoms with Gasteiger partial charge in [-0.25, -0.2) is 0 Å². The summed E-state index contributed by atoms with van der Waals surface area (Å²) in [5, 5.41) is 0.242. The maximum absolute atomic E-state index is 12.8. The zero-order valence-electron chi connectivity index (χ0n) is 10.9. The normalized spacial score (nSPS) is 21.4. The predicted octanol–water partition coefficient (Wildman–Crippen LogP) is 4.24. The van der Waals surface area contributed by atoms with Crippen LogP contribution < -0.4 is 5.73 Å². The maximum Gasteiger partial charge on any atom is 0.416 e. The van der Waals surface area contributed by atoms with Crippen LogP contribution in [0, 0.1) is 0 Å². The average molecular weight is 313 g/mol. The Hall–Kier alpha value is -1.59. The molecular weight excluding hydrogens is 301 g/mol. The molecule has 1 aliphatic carbocycles. The van der Waals surface area contributed by atoms with Gasteiger partial charge in [-0.3, -0.25) is 4.98 Å². The first-order valence-corrected chi connectivity index (χ1v) is 6.82. The molecule has 0 spiro atoms. The first-order valence-electron chi connectivity index (χ1n) is 6.45. The summed E-state index contributed by atoms with van der Waals surface area (Å²) in [4.78, 5) is 4.22. The van der Waals surface area contributed by atoms with Crippen LogP contribution in [0.3, 0.4) is 0 Å². The van der Waals surface area contributed by atoms with Gasteiger partial charge in [-0.15, -0.1) is 0 Å². The van der Waals surface area contributed by atoms with E-state index in [9.17, 15) is 13.2 Å². The number of aromatic nitrogens is 1. The van der Waals surface area contributed by atoms with Gasteiger partial charge >= 0.3 is 6.18 Å². The molecule has 2 aromatic rings. The third kappa shape index (κ3) is 2.89. The van der Waals surface area contributed by atoms with Crippen molar-refractivity contribution in [3.05, 3.63) is 52.7 Å². The van der Waals surface area contributed by atoms with Gasteiger partial charge in [0.1, 0.15) is 0 Å². The van der Waals surface area contributed by atoms with E-state index in [1.54, 1.807) is 12.3 Å². The minimum atomic E-state index is -4.40. The van der Waals surface area contributed by atoms with Crippen LogP contribution in [-0.4, -0.2) is 11.0 Å². The number of pyridine rings is 1. The van der Waals surface area contributed by atoms with Gasteiger partial charge < -0.3 is 5.73 Å². The van der Waals surface area contributed by atoms with Gasteiger partial charge in [0.25, 0.3) is 0 Å². The zero-order valence-corrected chi connectivity index (χ0v) is 11.6. The number of benzene rings is 1. The first kappa shape index (κ1) is 14.4. The van der Waals surface area contributed by atoms with E-state index in [1.165, 1.54) is 6.07 Å². The molecule has 0 bridgehead atoms. The van der Waals surface area contributed by atoms with Crippen LogP contribution in [-0.2, 0) is 6.18 Å². The standard InChI is InChI=1S/C15H12ClF3N2/c16-12-3-2-9(15(17,18)19)5-11(12)14-4-1-8(7-21-14)10-6-13(10)20/h1-5,7,10,13H,6,20H2/t10-,13+/m1/s1. The third-order valence-corrected chi connectivity index (χ3v) is 3.95. The lowest BCUT2D eigenvalue weighted by Crippen LogP contribution is -2.05. The molecule has 3 rings (SSSR count). The summed E-state index contributed by atoms with van der Waals surface area (Å²) in [6, 6.07) is 6.91.